The van der Waals surface area contributed by atoms with E-state index in [1.165, 1.54) is 12.1 Å². The summed E-state index contributed by atoms with van der Waals surface area (Å²) in [4.78, 5) is 15.9. The highest BCUT2D eigenvalue weighted by atomic mass is 19.1. The first-order chi connectivity index (χ1) is 9.54. The lowest BCUT2D eigenvalue weighted by Crippen LogP contribution is -2.27. The van der Waals surface area contributed by atoms with Crippen LogP contribution in [0.3, 0.4) is 0 Å². The van der Waals surface area contributed by atoms with Gasteiger partial charge in [0.1, 0.15) is 11.6 Å². The molecule has 0 radical (unpaired) electrons. The summed E-state index contributed by atoms with van der Waals surface area (Å²) in [5.74, 6) is 0.949. The molecular formula is C15H17FN2O2. The van der Waals surface area contributed by atoms with E-state index in [1.807, 2.05) is 6.92 Å². The van der Waals surface area contributed by atoms with Crippen molar-refractivity contribution in [2.75, 3.05) is 6.54 Å². The molecule has 0 saturated carbocycles. The van der Waals surface area contributed by atoms with Gasteiger partial charge in [0.2, 0.25) is 5.91 Å². The predicted molar refractivity (Wildman–Crippen MR) is 72.8 cm³/mol. The Morgan fingerprint density at radius 3 is 2.85 bits per heavy atom. The van der Waals surface area contributed by atoms with Crippen molar-refractivity contribution in [2.24, 2.45) is 0 Å². The lowest BCUT2D eigenvalue weighted by molar-refractivity contribution is -0.120. The number of oxazole rings is 1. The van der Waals surface area contributed by atoms with E-state index in [9.17, 15) is 9.18 Å². The number of nitrogens with one attached hydrogen (secondary N) is 1. The van der Waals surface area contributed by atoms with Crippen LogP contribution in [0.15, 0.2) is 28.7 Å². The number of hydrogen-bond donors (Lipinski definition) is 1. The van der Waals surface area contributed by atoms with E-state index in [2.05, 4.69) is 10.3 Å². The van der Waals surface area contributed by atoms with E-state index in [4.69, 9.17) is 4.42 Å². The van der Waals surface area contributed by atoms with Crippen LogP contribution in [0, 0.1) is 19.7 Å². The van der Waals surface area contributed by atoms with Crippen molar-refractivity contribution >= 4 is 5.91 Å². The summed E-state index contributed by atoms with van der Waals surface area (Å²) in [5.41, 5.74) is 1.51. The molecule has 1 aromatic heterocycles. The van der Waals surface area contributed by atoms with Crippen molar-refractivity contribution < 1.29 is 13.6 Å². The molecule has 0 fully saturated rings. The Labute approximate surface area is 117 Å². The molecule has 2 aromatic rings. The van der Waals surface area contributed by atoms with Gasteiger partial charge in [-0.25, -0.2) is 9.37 Å². The SMILES string of the molecule is Cc1nc(C)c(CCNC(=O)Cc2cccc(F)c2)o1. The van der Waals surface area contributed by atoms with Gasteiger partial charge in [-0.15, -0.1) is 0 Å². The molecule has 2 rings (SSSR count). The third kappa shape index (κ3) is 3.91. The summed E-state index contributed by atoms with van der Waals surface area (Å²) in [5, 5.41) is 2.79. The van der Waals surface area contributed by atoms with Crippen molar-refractivity contribution in [3.05, 3.63) is 53.0 Å². The van der Waals surface area contributed by atoms with Crippen LogP contribution in [0.4, 0.5) is 4.39 Å². The molecule has 20 heavy (non-hydrogen) atoms. The molecule has 0 atom stereocenters. The van der Waals surface area contributed by atoms with Crippen molar-refractivity contribution in [1.82, 2.24) is 10.3 Å². The molecule has 1 N–H and O–H groups in total. The van der Waals surface area contributed by atoms with Gasteiger partial charge >= 0.3 is 0 Å². The van der Waals surface area contributed by atoms with Crippen molar-refractivity contribution in [1.29, 1.82) is 0 Å². The van der Waals surface area contributed by atoms with Crippen LogP contribution in [0.25, 0.3) is 0 Å². The second kappa shape index (κ2) is 6.32. The van der Waals surface area contributed by atoms with E-state index in [0.29, 0.717) is 24.4 Å². The lowest BCUT2D eigenvalue weighted by atomic mass is 10.1. The van der Waals surface area contributed by atoms with Crippen LogP contribution in [0.1, 0.15) is 22.9 Å². The zero-order valence-corrected chi connectivity index (χ0v) is 11.6. The molecule has 0 spiro atoms. The predicted octanol–water partition coefficient (Wildman–Crippen LogP) is 2.33. The topological polar surface area (TPSA) is 55.1 Å². The zero-order chi connectivity index (χ0) is 14.5. The molecule has 5 heteroatoms. The smallest absolute Gasteiger partial charge is 0.224 e. The van der Waals surface area contributed by atoms with Crippen LogP contribution in [-0.2, 0) is 17.6 Å². The normalized spacial score (nSPS) is 10.6. The standard InChI is InChI=1S/C15H17FN2O2/c1-10-14(20-11(2)18-10)6-7-17-15(19)9-12-4-3-5-13(16)8-12/h3-5,8H,6-7,9H2,1-2H3,(H,17,19). The van der Waals surface area contributed by atoms with Gasteiger partial charge in [0, 0.05) is 19.9 Å². The summed E-state index contributed by atoms with van der Waals surface area (Å²) in [7, 11) is 0. The second-order valence-corrected chi connectivity index (χ2v) is 4.65. The number of hydrogen-bond acceptors (Lipinski definition) is 3. The fraction of sp³-hybridized carbons (Fsp3) is 0.333. The van der Waals surface area contributed by atoms with Gasteiger partial charge in [-0.05, 0) is 24.6 Å². The third-order valence-corrected chi connectivity index (χ3v) is 2.93. The summed E-state index contributed by atoms with van der Waals surface area (Å²) in [6, 6.07) is 6.05. The lowest BCUT2D eigenvalue weighted by Gasteiger charge is -2.04. The van der Waals surface area contributed by atoms with Crippen molar-refractivity contribution in [3.8, 4) is 0 Å². The van der Waals surface area contributed by atoms with Crippen molar-refractivity contribution in [3.63, 3.8) is 0 Å². The quantitative estimate of drug-likeness (QED) is 0.912. The molecule has 0 aliphatic carbocycles. The highest BCUT2D eigenvalue weighted by Gasteiger charge is 2.08. The maximum atomic E-state index is 13.0. The third-order valence-electron chi connectivity index (χ3n) is 2.93. The highest BCUT2D eigenvalue weighted by molar-refractivity contribution is 5.78. The minimum absolute atomic E-state index is 0.135. The molecule has 1 aromatic carbocycles. The van der Waals surface area contributed by atoms with Gasteiger partial charge in [0.25, 0.3) is 0 Å². The fourth-order valence-electron chi connectivity index (χ4n) is 2.02. The minimum atomic E-state index is -0.331. The molecule has 0 aliphatic rings. The Morgan fingerprint density at radius 1 is 1.40 bits per heavy atom. The summed E-state index contributed by atoms with van der Waals surface area (Å²) < 4.78 is 18.4. The second-order valence-electron chi connectivity index (χ2n) is 4.65. The average molecular weight is 276 g/mol. The molecule has 1 amide bonds. The largest absolute Gasteiger partial charge is 0.446 e. The number of rotatable bonds is 5. The molecule has 0 unspecified atom stereocenters. The van der Waals surface area contributed by atoms with Crippen LogP contribution in [0.5, 0.6) is 0 Å². The van der Waals surface area contributed by atoms with E-state index < -0.39 is 0 Å². The first kappa shape index (κ1) is 14.2. The Morgan fingerprint density at radius 2 is 2.20 bits per heavy atom. The number of carbonyl (C=O) groups is 1. The van der Waals surface area contributed by atoms with Gasteiger partial charge in [-0.2, -0.15) is 0 Å². The Hall–Kier alpha value is -2.17. The van der Waals surface area contributed by atoms with Crippen molar-refractivity contribution in [2.45, 2.75) is 26.7 Å². The molecule has 106 valence electrons. The number of aromatic nitrogens is 1. The monoisotopic (exact) mass is 276 g/mol. The molecule has 0 aliphatic heterocycles. The van der Waals surface area contributed by atoms with E-state index in [0.717, 1.165) is 11.5 Å². The van der Waals surface area contributed by atoms with E-state index in [1.54, 1.807) is 19.1 Å². The van der Waals surface area contributed by atoms with Crippen LogP contribution in [0.2, 0.25) is 0 Å². The van der Waals surface area contributed by atoms with Gasteiger partial charge in [0.05, 0.1) is 12.1 Å². The molecule has 0 saturated heterocycles. The highest BCUT2D eigenvalue weighted by Crippen LogP contribution is 2.09. The van der Waals surface area contributed by atoms with Gasteiger partial charge in [-0.3, -0.25) is 4.79 Å². The first-order valence-corrected chi connectivity index (χ1v) is 6.48. The first-order valence-electron chi connectivity index (χ1n) is 6.48. The van der Waals surface area contributed by atoms with E-state index >= 15 is 0 Å². The number of nitrogens with zero attached hydrogens (tertiary/aromatic N) is 1. The van der Waals surface area contributed by atoms with Crippen LogP contribution >= 0.6 is 0 Å². The van der Waals surface area contributed by atoms with Gasteiger partial charge in [-0.1, -0.05) is 12.1 Å². The Bertz CT molecular complexity index is 608. The maximum Gasteiger partial charge on any atom is 0.224 e. The maximum absolute atomic E-state index is 13.0. The molecule has 0 bridgehead atoms. The van der Waals surface area contributed by atoms with Gasteiger partial charge < -0.3 is 9.73 Å². The van der Waals surface area contributed by atoms with Crippen LogP contribution in [-0.4, -0.2) is 17.4 Å². The number of carbonyl (C=O) groups excluding carboxylic acids is 1. The minimum Gasteiger partial charge on any atom is -0.446 e. The Kier molecular flexibility index (Phi) is 4.50. The number of aryl methyl sites for hydroxylation is 2. The summed E-state index contributed by atoms with van der Waals surface area (Å²) >= 11 is 0. The fourth-order valence-corrected chi connectivity index (χ4v) is 2.02. The number of amides is 1. The molecule has 4 nitrogen and oxygen atoms in total. The van der Waals surface area contributed by atoms with Crippen LogP contribution < -0.4 is 5.32 Å². The number of benzene rings is 1. The number of halogens is 1. The summed E-state index contributed by atoms with van der Waals surface area (Å²) in [6.45, 7) is 4.14. The Balaban J connectivity index is 1.79. The zero-order valence-electron chi connectivity index (χ0n) is 11.6. The van der Waals surface area contributed by atoms with E-state index in [-0.39, 0.29) is 18.1 Å². The average Bonchev–Trinajstić information content (AvgIpc) is 2.68. The molecular weight excluding hydrogens is 259 g/mol. The molecule has 1 heterocycles. The van der Waals surface area contributed by atoms with Gasteiger partial charge in [0.15, 0.2) is 5.89 Å². The summed E-state index contributed by atoms with van der Waals surface area (Å²) in [6.07, 6.45) is 0.772.